The van der Waals surface area contributed by atoms with Gasteiger partial charge in [-0.2, -0.15) is 0 Å². The maximum atomic E-state index is 12.4. The van der Waals surface area contributed by atoms with Gasteiger partial charge in [0.1, 0.15) is 17.8 Å². The summed E-state index contributed by atoms with van der Waals surface area (Å²) in [6.07, 6.45) is 5.32. The predicted molar refractivity (Wildman–Crippen MR) is 96.9 cm³/mol. The van der Waals surface area contributed by atoms with Crippen LogP contribution in [0.2, 0.25) is 0 Å². The fourth-order valence-corrected chi connectivity index (χ4v) is 3.88. The predicted octanol–water partition coefficient (Wildman–Crippen LogP) is 2.44. The summed E-state index contributed by atoms with van der Waals surface area (Å²) in [4.78, 5) is 29.5. The van der Waals surface area contributed by atoms with Gasteiger partial charge in [-0.1, -0.05) is 12.1 Å². The number of hydrogen-bond donors (Lipinski definition) is 2. The Balaban J connectivity index is 1.44. The molecule has 7 nitrogen and oxygen atoms in total. The van der Waals surface area contributed by atoms with Crippen molar-refractivity contribution in [3.63, 3.8) is 0 Å². The Kier molecular flexibility index (Phi) is 3.12. The van der Waals surface area contributed by atoms with Crippen LogP contribution in [0, 0.1) is 0 Å². The molecule has 1 aromatic carbocycles. The summed E-state index contributed by atoms with van der Waals surface area (Å²) in [5.41, 5.74) is 2.73. The van der Waals surface area contributed by atoms with E-state index in [1.165, 1.54) is 0 Å². The van der Waals surface area contributed by atoms with Gasteiger partial charge in [-0.15, -0.1) is 0 Å². The minimum absolute atomic E-state index is 0.0188. The van der Waals surface area contributed by atoms with E-state index in [1.54, 1.807) is 6.33 Å². The molecule has 0 radical (unpaired) electrons. The number of anilines is 1. The Morgan fingerprint density at radius 3 is 2.80 bits per heavy atom. The van der Waals surface area contributed by atoms with Gasteiger partial charge in [0, 0.05) is 25.3 Å². The smallest absolute Gasteiger partial charge is 0.326 e. The minimum Gasteiger partial charge on any atom is -0.356 e. The molecule has 4 aromatic rings. The fraction of sp³-hybridized carbons (Fsp3) is 0.278. The van der Waals surface area contributed by atoms with Crippen LogP contribution in [0.4, 0.5) is 5.82 Å². The van der Waals surface area contributed by atoms with Gasteiger partial charge in [-0.3, -0.25) is 4.57 Å². The van der Waals surface area contributed by atoms with Gasteiger partial charge in [0.25, 0.3) is 0 Å². The molecule has 0 unspecified atom stereocenters. The average molecular weight is 334 g/mol. The van der Waals surface area contributed by atoms with E-state index in [0.29, 0.717) is 0 Å². The summed E-state index contributed by atoms with van der Waals surface area (Å²) >= 11 is 0. The molecule has 126 valence electrons. The van der Waals surface area contributed by atoms with Gasteiger partial charge in [-0.05, 0) is 31.0 Å². The van der Waals surface area contributed by atoms with Crippen molar-refractivity contribution in [1.29, 1.82) is 0 Å². The van der Waals surface area contributed by atoms with Gasteiger partial charge >= 0.3 is 5.69 Å². The van der Waals surface area contributed by atoms with Gasteiger partial charge in [0.05, 0.1) is 16.4 Å². The van der Waals surface area contributed by atoms with Crippen molar-refractivity contribution in [2.24, 2.45) is 0 Å². The molecule has 1 fully saturated rings. The van der Waals surface area contributed by atoms with Crippen molar-refractivity contribution >= 4 is 27.9 Å². The summed E-state index contributed by atoms with van der Waals surface area (Å²) in [5, 5.41) is 1.05. The fourth-order valence-electron chi connectivity index (χ4n) is 3.88. The number of nitrogens with zero attached hydrogens (tertiary/aromatic N) is 4. The lowest BCUT2D eigenvalue weighted by Crippen LogP contribution is -2.37. The van der Waals surface area contributed by atoms with Crippen LogP contribution < -0.4 is 10.6 Å². The molecule has 1 saturated heterocycles. The molecule has 25 heavy (non-hydrogen) atoms. The molecule has 2 N–H and O–H groups in total. The lowest BCUT2D eigenvalue weighted by Gasteiger charge is -2.33. The van der Waals surface area contributed by atoms with E-state index in [2.05, 4.69) is 24.8 Å². The Hall–Kier alpha value is -3.09. The molecule has 0 amide bonds. The number of imidazole rings is 1. The number of aromatic nitrogens is 5. The Bertz CT molecular complexity index is 1100. The zero-order valence-corrected chi connectivity index (χ0v) is 13.6. The zero-order valence-electron chi connectivity index (χ0n) is 13.6. The van der Waals surface area contributed by atoms with Crippen molar-refractivity contribution in [1.82, 2.24) is 24.5 Å². The Labute approximate surface area is 143 Å². The normalized spacial score (nSPS) is 16.1. The highest BCUT2D eigenvalue weighted by molar-refractivity contribution is 5.87. The third-order valence-electron chi connectivity index (χ3n) is 5.09. The van der Waals surface area contributed by atoms with Gasteiger partial charge in [-0.25, -0.2) is 14.8 Å². The lowest BCUT2D eigenvalue weighted by atomic mass is 10.0. The number of rotatable bonds is 2. The number of piperidine rings is 1. The van der Waals surface area contributed by atoms with E-state index < -0.39 is 0 Å². The number of aromatic amines is 2. The van der Waals surface area contributed by atoms with Crippen molar-refractivity contribution < 1.29 is 0 Å². The van der Waals surface area contributed by atoms with E-state index in [1.807, 2.05) is 41.1 Å². The molecule has 0 saturated carbocycles. The lowest BCUT2D eigenvalue weighted by molar-refractivity contribution is 0.396. The molecule has 3 aromatic heterocycles. The number of fused-ring (bicyclic) bond motifs is 2. The van der Waals surface area contributed by atoms with Crippen LogP contribution in [-0.2, 0) is 0 Å². The SMILES string of the molecule is O=c1[nH]c2ccccc2n1C1CCN(c2ncnc3[nH]ccc23)CC1. The topological polar surface area (TPSA) is 82.6 Å². The van der Waals surface area contributed by atoms with E-state index in [9.17, 15) is 4.79 Å². The number of para-hydroxylation sites is 2. The highest BCUT2D eigenvalue weighted by atomic mass is 16.1. The largest absolute Gasteiger partial charge is 0.356 e. The first-order chi connectivity index (χ1) is 12.3. The molecule has 4 heterocycles. The second kappa shape index (κ2) is 5.47. The molecule has 7 heteroatoms. The Morgan fingerprint density at radius 2 is 1.92 bits per heavy atom. The van der Waals surface area contributed by atoms with Crippen molar-refractivity contribution in [2.75, 3.05) is 18.0 Å². The third-order valence-corrected chi connectivity index (χ3v) is 5.09. The van der Waals surface area contributed by atoms with Crippen LogP contribution in [0.5, 0.6) is 0 Å². The van der Waals surface area contributed by atoms with Gasteiger partial charge in [0.15, 0.2) is 0 Å². The maximum absolute atomic E-state index is 12.4. The van der Waals surface area contributed by atoms with E-state index in [0.717, 1.165) is 53.8 Å². The van der Waals surface area contributed by atoms with Gasteiger partial charge in [0.2, 0.25) is 0 Å². The van der Waals surface area contributed by atoms with Crippen LogP contribution in [0.1, 0.15) is 18.9 Å². The Morgan fingerprint density at radius 1 is 1.08 bits per heavy atom. The van der Waals surface area contributed by atoms with Crippen molar-refractivity contribution in [3.05, 3.63) is 53.3 Å². The molecular formula is C18H18N6O. The van der Waals surface area contributed by atoms with Crippen LogP contribution >= 0.6 is 0 Å². The molecule has 5 rings (SSSR count). The number of nitrogens with one attached hydrogen (secondary N) is 2. The molecule has 1 aliphatic rings. The second-order valence-electron chi connectivity index (χ2n) is 6.47. The first-order valence-corrected chi connectivity index (χ1v) is 8.53. The summed E-state index contributed by atoms with van der Waals surface area (Å²) < 4.78 is 1.92. The van der Waals surface area contributed by atoms with Crippen LogP contribution in [0.25, 0.3) is 22.1 Å². The number of H-pyrrole nitrogens is 2. The standard InChI is InChI=1S/C18H18N6O/c25-18-22-14-3-1-2-4-15(14)24(18)12-6-9-23(10-7-12)17-13-5-8-19-16(13)20-11-21-17/h1-5,8,11-12H,6-7,9-10H2,(H,22,25)(H,19,20,21). The summed E-state index contributed by atoms with van der Waals surface area (Å²) in [6.45, 7) is 1.74. The molecule has 1 aliphatic heterocycles. The zero-order chi connectivity index (χ0) is 16.8. The maximum Gasteiger partial charge on any atom is 0.326 e. The summed E-state index contributed by atoms with van der Waals surface area (Å²) in [6, 6.07) is 10.1. The van der Waals surface area contributed by atoms with Crippen molar-refractivity contribution in [3.8, 4) is 0 Å². The monoisotopic (exact) mass is 334 g/mol. The first kappa shape index (κ1) is 14.3. The summed E-state index contributed by atoms with van der Waals surface area (Å²) in [5.74, 6) is 0.968. The highest BCUT2D eigenvalue weighted by Gasteiger charge is 2.25. The molecule has 0 bridgehead atoms. The third kappa shape index (κ3) is 2.23. The number of benzene rings is 1. The van der Waals surface area contributed by atoms with E-state index in [4.69, 9.17) is 0 Å². The van der Waals surface area contributed by atoms with Crippen LogP contribution in [-0.4, -0.2) is 37.6 Å². The molecule has 0 aliphatic carbocycles. The second-order valence-corrected chi connectivity index (χ2v) is 6.47. The van der Waals surface area contributed by atoms with Crippen LogP contribution in [0.3, 0.4) is 0 Å². The van der Waals surface area contributed by atoms with Crippen LogP contribution in [0.15, 0.2) is 47.7 Å². The quantitative estimate of drug-likeness (QED) is 0.590. The highest BCUT2D eigenvalue weighted by Crippen LogP contribution is 2.29. The number of hydrogen-bond acceptors (Lipinski definition) is 4. The first-order valence-electron chi connectivity index (χ1n) is 8.53. The van der Waals surface area contributed by atoms with Crippen molar-refractivity contribution in [2.45, 2.75) is 18.9 Å². The summed E-state index contributed by atoms with van der Waals surface area (Å²) in [7, 11) is 0. The molecule has 0 spiro atoms. The molecule has 0 atom stereocenters. The minimum atomic E-state index is -0.0188. The van der Waals surface area contributed by atoms with E-state index in [-0.39, 0.29) is 11.7 Å². The van der Waals surface area contributed by atoms with Gasteiger partial charge < -0.3 is 14.9 Å². The molecular weight excluding hydrogens is 316 g/mol. The van der Waals surface area contributed by atoms with E-state index >= 15 is 0 Å². The average Bonchev–Trinajstić information content (AvgIpc) is 3.25.